The van der Waals surface area contributed by atoms with E-state index in [1.807, 2.05) is 0 Å². The Balaban J connectivity index is 2.01. The number of halogens is 1. The van der Waals surface area contributed by atoms with Gasteiger partial charge in [0.1, 0.15) is 11.5 Å². The predicted octanol–water partition coefficient (Wildman–Crippen LogP) is 4.13. The second-order valence-electron chi connectivity index (χ2n) is 6.82. The SMILES string of the molecule is COc1cccc(C(O)(C(=O)N/N=C(/C)c2ccc(Cl)cc2)c2cccc(OC)c2)c1. The molecule has 0 spiro atoms. The topological polar surface area (TPSA) is 80.2 Å². The fourth-order valence-corrected chi connectivity index (χ4v) is 3.22. The zero-order chi connectivity index (χ0) is 22.4. The fourth-order valence-electron chi connectivity index (χ4n) is 3.10. The number of hydrogen-bond acceptors (Lipinski definition) is 5. The molecule has 3 aromatic rings. The summed E-state index contributed by atoms with van der Waals surface area (Å²) in [5.41, 5.74) is 2.47. The Labute approximate surface area is 186 Å². The number of amides is 1. The van der Waals surface area contributed by atoms with Gasteiger partial charge in [-0.1, -0.05) is 48.0 Å². The number of aliphatic hydroxyl groups is 1. The molecule has 0 atom stereocenters. The van der Waals surface area contributed by atoms with E-state index in [0.717, 1.165) is 5.56 Å². The lowest BCUT2D eigenvalue weighted by atomic mass is 9.85. The molecule has 3 rings (SSSR count). The Morgan fingerprint density at radius 2 is 1.45 bits per heavy atom. The van der Waals surface area contributed by atoms with Crippen LogP contribution in [0.15, 0.2) is 77.9 Å². The van der Waals surface area contributed by atoms with E-state index in [2.05, 4.69) is 10.5 Å². The van der Waals surface area contributed by atoms with E-state index < -0.39 is 11.5 Å². The van der Waals surface area contributed by atoms with Crippen molar-refractivity contribution in [2.45, 2.75) is 12.5 Å². The van der Waals surface area contributed by atoms with Crippen LogP contribution in [0.3, 0.4) is 0 Å². The lowest BCUT2D eigenvalue weighted by Gasteiger charge is -2.27. The van der Waals surface area contributed by atoms with Crippen molar-refractivity contribution in [3.05, 3.63) is 94.5 Å². The van der Waals surface area contributed by atoms with Crippen LogP contribution in [-0.2, 0) is 10.4 Å². The van der Waals surface area contributed by atoms with E-state index in [9.17, 15) is 9.90 Å². The third-order valence-corrected chi connectivity index (χ3v) is 5.14. The van der Waals surface area contributed by atoms with Crippen LogP contribution in [0.2, 0.25) is 5.02 Å². The Morgan fingerprint density at radius 3 is 1.94 bits per heavy atom. The van der Waals surface area contributed by atoms with E-state index in [1.54, 1.807) is 79.7 Å². The molecule has 0 heterocycles. The van der Waals surface area contributed by atoms with Crippen LogP contribution in [0.4, 0.5) is 0 Å². The largest absolute Gasteiger partial charge is 0.497 e. The monoisotopic (exact) mass is 438 g/mol. The smallest absolute Gasteiger partial charge is 0.281 e. The van der Waals surface area contributed by atoms with Crippen LogP contribution in [0, 0.1) is 0 Å². The summed E-state index contributed by atoms with van der Waals surface area (Å²) in [5.74, 6) is 0.294. The number of benzene rings is 3. The first-order valence-electron chi connectivity index (χ1n) is 9.50. The maximum Gasteiger partial charge on any atom is 0.281 e. The number of hydrogen-bond donors (Lipinski definition) is 2. The maximum absolute atomic E-state index is 13.3. The number of methoxy groups -OCH3 is 2. The summed E-state index contributed by atoms with van der Waals surface area (Å²) in [6.07, 6.45) is 0. The molecule has 160 valence electrons. The average Bonchev–Trinajstić information content (AvgIpc) is 2.82. The van der Waals surface area contributed by atoms with Crippen LogP contribution in [-0.4, -0.2) is 30.9 Å². The van der Waals surface area contributed by atoms with Gasteiger partial charge < -0.3 is 14.6 Å². The Kier molecular flexibility index (Phi) is 6.95. The summed E-state index contributed by atoms with van der Waals surface area (Å²) >= 11 is 5.93. The van der Waals surface area contributed by atoms with Crippen molar-refractivity contribution < 1.29 is 19.4 Å². The molecular formula is C24H23ClN2O4. The molecule has 7 heteroatoms. The summed E-state index contributed by atoms with van der Waals surface area (Å²) in [4.78, 5) is 13.3. The molecule has 0 saturated carbocycles. The number of rotatable bonds is 7. The number of ether oxygens (including phenoxy) is 2. The van der Waals surface area contributed by atoms with Gasteiger partial charge in [-0.3, -0.25) is 4.79 Å². The summed E-state index contributed by atoms with van der Waals surface area (Å²) in [6, 6.07) is 20.4. The predicted molar refractivity (Wildman–Crippen MR) is 121 cm³/mol. The van der Waals surface area contributed by atoms with E-state index in [0.29, 0.717) is 33.4 Å². The second-order valence-corrected chi connectivity index (χ2v) is 7.26. The van der Waals surface area contributed by atoms with Crippen LogP contribution in [0.5, 0.6) is 11.5 Å². The maximum atomic E-state index is 13.3. The Bertz CT molecular complexity index is 1050. The number of carbonyl (C=O) groups is 1. The van der Waals surface area contributed by atoms with Gasteiger partial charge in [-0.2, -0.15) is 5.10 Å². The van der Waals surface area contributed by atoms with Crippen molar-refractivity contribution in [1.82, 2.24) is 5.43 Å². The van der Waals surface area contributed by atoms with Gasteiger partial charge in [0.15, 0.2) is 5.60 Å². The van der Waals surface area contributed by atoms with Crippen molar-refractivity contribution in [3.63, 3.8) is 0 Å². The van der Waals surface area contributed by atoms with E-state index in [4.69, 9.17) is 21.1 Å². The van der Waals surface area contributed by atoms with E-state index in [1.165, 1.54) is 14.2 Å². The molecule has 0 aliphatic rings. The lowest BCUT2D eigenvalue weighted by molar-refractivity contribution is -0.136. The second kappa shape index (κ2) is 9.64. The molecule has 31 heavy (non-hydrogen) atoms. The average molecular weight is 439 g/mol. The first-order chi connectivity index (χ1) is 14.9. The highest BCUT2D eigenvalue weighted by molar-refractivity contribution is 6.30. The van der Waals surface area contributed by atoms with E-state index in [-0.39, 0.29) is 0 Å². The zero-order valence-electron chi connectivity index (χ0n) is 17.4. The van der Waals surface area contributed by atoms with Gasteiger partial charge in [-0.05, 0) is 48.9 Å². The van der Waals surface area contributed by atoms with Crippen LogP contribution in [0.25, 0.3) is 0 Å². The molecule has 0 aromatic heterocycles. The molecule has 0 fully saturated rings. The Morgan fingerprint density at radius 1 is 0.935 bits per heavy atom. The summed E-state index contributed by atoms with van der Waals surface area (Å²) in [5, 5.41) is 16.5. The first-order valence-corrected chi connectivity index (χ1v) is 9.88. The Hall–Kier alpha value is -3.35. The summed E-state index contributed by atoms with van der Waals surface area (Å²) in [7, 11) is 3.03. The molecule has 0 aliphatic carbocycles. The molecule has 2 N–H and O–H groups in total. The van der Waals surface area contributed by atoms with Crippen molar-refractivity contribution >= 4 is 23.2 Å². The first kappa shape index (κ1) is 22.3. The normalized spacial score (nSPS) is 11.7. The molecule has 0 unspecified atom stereocenters. The van der Waals surface area contributed by atoms with Gasteiger partial charge in [-0.15, -0.1) is 0 Å². The number of nitrogens with one attached hydrogen (secondary N) is 1. The quantitative estimate of drug-likeness (QED) is 0.429. The minimum absolute atomic E-state index is 0.331. The van der Waals surface area contributed by atoms with Crippen molar-refractivity contribution in [2.75, 3.05) is 14.2 Å². The highest BCUT2D eigenvalue weighted by atomic mass is 35.5. The van der Waals surface area contributed by atoms with Crippen LogP contribution in [0.1, 0.15) is 23.6 Å². The van der Waals surface area contributed by atoms with Crippen LogP contribution < -0.4 is 14.9 Å². The highest BCUT2D eigenvalue weighted by Crippen LogP contribution is 2.33. The molecule has 6 nitrogen and oxygen atoms in total. The highest BCUT2D eigenvalue weighted by Gasteiger charge is 2.40. The minimum atomic E-state index is -2.03. The molecular weight excluding hydrogens is 416 g/mol. The molecule has 0 radical (unpaired) electrons. The van der Waals surface area contributed by atoms with Gasteiger partial charge >= 0.3 is 0 Å². The standard InChI is InChI=1S/C24H23ClN2O4/c1-16(17-10-12-20(25)13-11-17)26-27-23(28)24(29,18-6-4-8-21(14-18)30-2)19-7-5-9-22(15-19)31-3/h4-15,29H,1-3H3,(H,27,28)/b26-16-. The van der Waals surface area contributed by atoms with E-state index >= 15 is 0 Å². The van der Waals surface area contributed by atoms with Gasteiger partial charge in [0.05, 0.1) is 19.9 Å². The van der Waals surface area contributed by atoms with Gasteiger partial charge in [0.25, 0.3) is 5.91 Å². The molecule has 0 aliphatic heterocycles. The van der Waals surface area contributed by atoms with Crippen LogP contribution >= 0.6 is 11.6 Å². The minimum Gasteiger partial charge on any atom is -0.497 e. The number of nitrogens with zero attached hydrogens (tertiary/aromatic N) is 1. The number of hydrazone groups is 1. The molecule has 1 amide bonds. The van der Waals surface area contributed by atoms with Crippen molar-refractivity contribution in [3.8, 4) is 11.5 Å². The van der Waals surface area contributed by atoms with Crippen molar-refractivity contribution in [1.29, 1.82) is 0 Å². The van der Waals surface area contributed by atoms with Gasteiger partial charge in [0, 0.05) is 16.1 Å². The number of carbonyl (C=O) groups excluding carboxylic acids is 1. The summed E-state index contributed by atoms with van der Waals surface area (Å²) in [6.45, 7) is 1.75. The lowest BCUT2D eigenvalue weighted by Crippen LogP contribution is -2.44. The van der Waals surface area contributed by atoms with Gasteiger partial charge in [-0.25, -0.2) is 5.43 Å². The van der Waals surface area contributed by atoms with Gasteiger partial charge in [0.2, 0.25) is 0 Å². The molecule has 0 saturated heterocycles. The summed E-state index contributed by atoms with van der Waals surface area (Å²) < 4.78 is 10.5. The third kappa shape index (κ3) is 4.87. The molecule has 0 bridgehead atoms. The zero-order valence-corrected chi connectivity index (χ0v) is 18.2. The van der Waals surface area contributed by atoms with Crippen molar-refractivity contribution in [2.24, 2.45) is 5.10 Å². The third-order valence-electron chi connectivity index (χ3n) is 4.89. The molecule has 3 aromatic carbocycles. The fraction of sp³-hybridized carbons (Fsp3) is 0.167.